The van der Waals surface area contributed by atoms with Crippen molar-refractivity contribution in [3.63, 3.8) is 0 Å². The number of nitrogens with one attached hydrogen (secondary N) is 3. The molecule has 2 aromatic heterocycles. The molecule has 23 heteroatoms. The van der Waals surface area contributed by atoms with E-state index in [1.165, 1.54) is 28.7 Å². The Morgan fingerprint density at radius 2 is 1.80 bits per heavy atom. The van der Waals surface area contributed by atoms with E-state index in [0.717, 1.165) is 54.5 Å². The molecule has 69 heavy (non-hydrogen) atoms. The van der Waals surface area contributed by atoms with Gasteiger partial charge >= 0.3 is 6.18 Å². The molecule has 0 saturated carbocycles. The topological polar surface area (TPSA) is 209 Å². The highest BCUT2D eigenvalue weighted by Crippen LogP contribution is 2.46. The molecule has 0 spiro atoms. The fourth-order valence-corrected chi connectivity index (χ4v) is 11.3. The number of rotatable bonds is 14. The van der Waals surface area contributed by atoms with Crippen LogP contribution in [0.5, 0.6) is 11.5 Å². The highest BCUT2D eigenvalue weighted by Gasteiger charge is 2.35. The predicted molar refractivity (Wildman–Crippen MR) is 255 cm³/mol. The Kier molecular flexibility index (Phi) is 14.1. The number of benzene rings is 3. The van der Waals surface area contributed by atoms with Crippen LogP contribution in [-0.4, -0.2) is 118 Å². The lowest BCUT2D eigenvalue weighted by molar-refractivity contribution is -0.384. The normalized spacial score (nSPS) is 18.6. The average molecular weight is 1020 g/mol. The van der Waals surface area contributed by atoms with Gasteiger partial charge in [0, 0.05) is 80.2 Å². The molecule has 1 aliphatic carbocycles. The van der Waals surface area contributed by atoms with Gasteiger partial charge in [-0.1, -0.05) is 37.1 Å². The summed E-state index contributed by atoms with van der Waals surface area (Å²) < 4.78 is 108. The number of fused-ring (bicyclic) bond motifs is 1. The molecule has 368 valence electrons. The molecule has 2 saturated heterocycles. The summed E-state index contributed by atoms with van der Waals surface area (Å²) in [5.41, 5.74) is 2.26. The number of nitro benzene ring substituents is 1. The number of nitrogens with zero attached hydrogens (tertiary/aromatic N) is 5. The van der Waals surface area contributed by atoms with Gasteiger partial charge in [-0.3, -0.25) is 19.8 Å². The summed E-state index contributed by atoms with van der Waals surface area (Å²) >= 11 is 6.53. The number of sulfonamides is 2. The number of hydrogen-bond acceptors (Lipinski definition) is 13. The number of hydrogen-bond donors (Lipinski definition) is 3. The molecule has 0 bridgehead atoms. The van der Waals surface area contributed by atoms with E-state index in [0.29, 0.717) is 61.4 Å². The van der Waals surface area contributed by atoms with E-state index in [1.54, 1.807) is 30.5 Å². The largest absolute Gasteiger partial charge is 0.455 e. The minimum Gasteiger partial charge on any atom is -0.455 e. The number of carbonyl (C=O) groups is 1. The van der Waals surface area contributed by atoms with Crippen LogP contribution in [0.1, 0.15) is 54.6 Å². The molecule has 5 aromatic rings. The van der Waals surface area contributed by atoms with Crippen molar-refractivity contribution < 1.29 is 49.2 Å². The zero-order valence-corrected chi connectivity index (χ0v) is 40.2. The lowest BCUT2D eigenvalue weighted by Gasteiger charge is -2.39. The van der Waals surface area contributed by atoms with Gasteiger partial charge in [-0.15, -0.1) is 0 Å². The maximum atomic E-state index is 14.0. The first-order valence-corrected chi connectivity index (χ1v) is 25.7. The van der Waals surface area contributed by atoms with Crippen molar-refractivity contribution in [3.05, 3.63) is 117 Å². The van der Waals surface area contributed by atoms with Crippen molar-refractivity contribution in [1.29, 1.82) is 0 Å². The van der Waals surface area contributed by atoms with Gasteiger partial charge in [-0.05, 0) is 84.3 Å². The number of piperazine rings is 1. The number of ether oxygens (including phenoxy) is 2. The number of carbonyl (C=O) groups excluding carboxylic acids is 1. The van der Waals surface area contributed by atoms with Crippen molar-refractivity contribution in [1.82, 2.24) is 23.9 Å². The van der Waals surface area contributed by atoms with Crippen molar-refractivity contribution in [2.24, 2.45) is 5.41 Å². The summed E-state index contributed by atoms with van der Waals surface area (Å²) in [6, 6.07) is 14.1. The van der Waals surface area contributed by atoms with Crippen LogP contribution < -0.4 is 19.7 Å². The van der Waals surface area contributed by atoms with Crippen molar-refractivity contribution in [3.8, 4) is 11.5 Å². The Bertz CT molecular complexity index is 3050. The highest BCUT2D eigenvalue weighted by atomic mass is 35.5. The van der Waals surface area contributed by atoms with Crippen LogP contribution in [0.3, 0.4) is 0 Å². The number of pyridine rings is 1. The van der Waals surface area contributed by atoms with Crippen molar-refractivity contribution >= 4 is 71.2 Å². The molecule has 1 unspecified atom stereocenters. The number of aromatic amines is 1. The molecule has 17 nitrogen and oxygen atoms in total. The Labute approximate surface area is 401 Å². The summed E-state index contributed by atoms with van der Waals surface area (Å²) in [6.07, 6.45) is 2.04. The van der Waals surface area contributed by atoms with Crippen LogP contribution in [-0.2, 0) is 31.0 Å². The van der Waals surface area contributed by atoms with Gasteiger partial charge < -0.3 is 24.7 Å². The summed E-state index contributed by atoms with van der Waals surface area (Å²) in [6.45, 7) is 7.52. The molecule has 3 aromatic carbocycles. The molecule has 0 radical (unpaired) electrons. The number of alkyl halides is 3. The Morgan fingerprint density at radius 1 is 1.03 bits per heavy atom. The Balaban J connectivity index is 1.00. The number of aromatic nitrogens is 2. The number of allylic oxidation sites excluding steroid dienone is 1. The fourth-order valence-electron chi connectivity index (χ4n) is 8.92. The molecule has 3 aliphatic rings. The van der Waals surface area contributed by atoms with Gasteiger partial charge in [0.25, 0.3) is 21.6 Å². The lowest BCUT2D eigenvalue weighted by Crippen LogP contribution is -2.51. The minimum absolute atomic E-state index is 0.00714. The molecule has 3 N–H and O–H groups in total. The third-order valence-corrected chi connectivity index (χ3v) is 15.6. The summed E-state index contributed by atoms with van der Waals surface area (Å²) in [5, 5.41) is 15.8. The highest BCUT2D eigenvalue weighted by molar-refractivity contribution is 7.90. The number of nitro groups is 1. The summed E-state index contributed by atoms with van der Waals surface area (Å²) in [5.74, 6) is -0.812. The molecule has 2 fully saturated rings. The van der Waals surface area contributed by atoms with E-state index in [2.05, 4.69) is 38.9 Å². The first kappa shape index (κ1) is 49.6. The molecular formula is C46H50ClF3N8O9S2. The van der Waals surface area contributed by atoms with Crippen LogP contribution in [0.2, 0.25) is 5.02 Å². The average Bonchev–Trinajstić information content (AvgIpc) is 3.76. The second kappa shape index (κ2) is 19.5. The van der Waals surface area contributed by atoms with Crippen molar-refractivity contribution in [2.45, 2.75) is 50.2 Å². The van der Waals surface area contributed by atoms with E-state index in [1.807, 2.05) is 4.72 Å². The smallest absolute Gasteiger partial charge is 0.416 e. The molecule has 1 amide bonds. The number of amides is 1. The van der Waals surface area contributed by atoms with Crippen LogP contribution in [0, 0.1) is 15.5 Å². The lowest BCUT2D eigenvalue weighted by atomic mass is 9.72. The first-order valence-electron chi connectivity index (χ1n) is 22.0. The maximum Gasteiger partial charge on any atom is 0.416 e. The summed E-state index contributed by atoms with van der Waals surface area (Å²) in [4.78, 5) is 36.6. The number of anilines is 2. The number of H-pyrrole nitrogens is 1. The summed E-state index contributed by atoms with van der Waals surface area (Å²) in [7, 11) is -8.34. The minimum atomic E-state index is -4.73. The van der Waals surface area contributed by atoms with Gasteiger partial charge in [0.05, 0.1) is 52.7 Å². The number of morpholine rings is 1. The molecular weight excluding hydrogens is 965 g/mol. The predicted octanol–water partition coefficient (Wildman–Crippen LogP) is 7.91. The second-order valence-corrected chi connectivity index (χ2v) is 22.1. The molecule has 8 rings (SSSR count). The first-order chi connectivity index (χ1) is 32.5. The zero-order valence-electron chi connectivity index (χ0n) is 37.8. The van der Waals surface area contributed by atoms with E-state index >= 15 is 0 Å². The molecule has 4 heterocycles. The third kappa shape index (κ3) is 11.5. The number of halogens is 4. The molecule has 2 aliphatic heterocycles. The molecule has 1 atom stereocenters. The Hall–Kier alpha value is -5.78. The standard InChI is InChI=1S/C46H50ClF3N8O9S2/c1-45(2)12-10-30(38(24-45)36-7-4-31(21-39(36)47)46(48,49)50)27-55-14-16-56(17-15-55)32-5-8-37(42(22-32)67-34-20-29-11-13-51-43(29)53-26-34)44(59)54-69(64,65)35-6-9-40(41(23-35)58(60)61)52-25-33-28-66-19-18-57(33)68(3,62)63/h4-9,11,13,20-23,26,33,52H,10,12,14-19,24-25,27-28H2,1-3H3,(H,51,53)(H,54,59). The van der Waals surface area contributed by atoms with Gasteiger partial charge in [-0.2, -0.15) is 17.5 Å². The van der Waals surface area contributed by atoms with E-state index in [4.69, 9.17) is 21.1 Å². The van der Waals surface area contributed by atoms with E-state index < -0.39 is 59.2 Å². The quantitative estimate of drug-likeness (QED) is 0.0715. The van der Waals surface area contributed by atoms with Crippen LogP contribution in [0.15, 0.2) is 89.6 Å². The van der Waals surface area contributed by atoms with Crippen LogP contribution >= 0.6 is 11.6 Å². The van der Waals surface area contributed by atoms with Crippen molar-refractivity contribution in [2.75, 3.05) is 75.5 Å². The second-order valence-electron chi connectivity index (χ2n) is 18.1. The SMILES string of the molecule is CC1(C)CCC(CN2CCN(c3ccc(C(=O)NS(=O)(=O)c4ccc(NCC5COCCN5S(C)(=O)=O)c([N+](=O)[O-])c4)c(Oc4cnc5[nH]ccc5c4)c3)CC2)=C(c2ccc(C(F)(F)F)cc2Cl)C1. The maximum absolute atomic E-state index is 14.0. The third-order valence-electron chi connectivity index (χ3n) is 12.6. The van der Waals surface area contributed by atoms with Crippen LogP contribution in [0.25, 0.3) is 16.6 Å². The van der Waals surface area contributed by atoms with E-state index in [-0.39, 0.29) is 59.5 Å². The van der Waals surface area contributed by atoms with Gasteiger partial charge in [0.1, 0.15) is 22.8 Å². The van der Waals surface area contributed by atoms with Crippen LogP contribution in [0.4, 0.5) is 30.2 Å². The van der Waals surface area contributed by atoms with Gasteiger partial charge in [0.2, 0.25) is 10.0 Å². The van der Waals surface area contributed by atoms with Gasteiger partial charge in [-0.25, -0.2) is 26.5 Å². The fraction of sp³-hybridized carbons (Fsp3) is 0.391. The van der Waals surface area contributed by atoms with Gasteiger partial charge in [0.15, 0.2) is 0 Å². The Morgan fingerprint density at radius 3 is 2.51 bits per heavy atom. The monoisotopic (exact) mass is 1010 g/mol. The zero-order chi connectivity index (χ0) is 49.5. The van der Waals surface area contributed by atoms with E-state index in [9.17, 15) is 44.9 Å².